The van der Waals surface area contributed by atoms with Crippen LogP contribution < -0.4 is 16.4 Å². The third-order valence-electron chi connectivity index (χ3n) is 2.26. The first-order chi connectivity index (χ1) is 9.81. The molecular formula is C15H20N4O2. The Balaban J connectivity index is 2.62. The first-order valence-corrected chi connectivity index (χ1v) is 6.55. The molecule has 0 saturated carbocycles. The second-order valence-corrected chi connectivity index (χ2v) is 5.45. The van der Waals surface area contributed by atoms with Crippen LogP contribution in [0.1, 0.15) is 36.7 Å². The topological polar surface area (TPSA) is 97.1 Å². The molecule has 0 atom stereocenters. The smallest absolute Gasteiger partial charge is 0.253 e. The van der Waals surface area contributed by atoms with Crippen molar-refractivity contribution in [3.63, 3.8) is 0 Å². The summed E-state index contributed by atoms with van der Waals surface area (Å²) in [7, 11) is 0. The minimum absolute atomic E-state index is 0.0885. The van der Waals surface area contributed by atoms with Gasteiger partial charge in [0.2, 0.25) is 5.91 Å². The van der Waals surface area contributed by atoms with Gasteiger partial charge in [0.1, 0.15) is 0 Å². The standard InChI is InChI=1S/C15H20N4O2/c1-15(2,3)19-13(20)10-18-14(21)12-7-11(5-4-6-16)8-17-9-12/h7-9H,6,10,16H2,1-3H3,(H,18,21)(H,19,20). The average Bonchev–Trinajstić information content (AvgIpc) is 2.41. The molecule has 0 aliphatic heterocycles. The summed E-state index contributed by atoms with van der Waals surface area (Å²) in [5.74, 6) is 4.87. The molecule has 112 valence electrons. The van der Waals surface area contributed by atoms with E-state index < -0.39 is 0 Å². The highest BCUT2D eigenvalue weighted by Gasteiger charge is 2.14. The SMILES string of the molecule is CC(C)(C)NC(=O)CNC(=O)c1cncc(C#CCN)c1. The maximum Gasteiger partial charge on any atom is 0.253 e. The minimum Gasteiger partial charge on any atom is -0.350 e. The highest BCUT2D eigenvalue weighted by Crippen LogP contribution is 2.01. The van der Waals surface area contributed by atoms with Gasteiger partial charge in [0, 0.05) is 23.5 Å². The van der Waals surface area contributed by atoms with E-state index in [0.29, 0.717) is 11.1 Å². The molecule has 0 radical (unpaired) electrons. The van der Waals surface area contributed by atoms with E-state index in [2.05, 4.69) is 27.5 Å². The second kappa shape index (κ2) is 7.41. The van der Waals surface area contributed by atoms with Gasteiger partial charge < -0.3 is 16.4 Å². The summed E-state index contributed by atoms with van der Waals surface area (Å²) in [4.78, 5) is 27.5. The van der Waals surface area contributed by atoms with Crippen molar-refractivity contribution in [1.82, 2.24) is 15.6 Å². The Labute approximate surface area is 124 Å². The number of carbonyl (C=O) groups excluding carboxylic acids is 2. The van der Waals surface area contributed by atoms with Gasteiger partial charge in [0.25, 0.3) is 5.91 Å². The number of hydrogen-bond acceptors (Lipinski definition) is 4. The monoisotopic (exact) mass is 288 g/mol. The fraction of sp³-hybridized carbons (Fsp3) is 0.400. The van der Waals surface area contributed by atoms with E-state index in [1.807, 2.05) is 20.8 Å². The maximum absolute atomic E-state index is 11.9. The molecule has 1 rings (SSSR count). The molecule has 0 bridgehead atoms. The number of nitrogens with zero attached hydrogens (tertiary/aromatic N) is 1. The first kappa shape index (κ1) is 16.7. The lowest BCUT2D eigenvalue weighted by Gasteiger charge is -2.20. The van der Waals surface area contributed by atoms with Crippen molar-refractivity contribution in [2.45, 2.75) is 26.3 Å². The molecule has 21 heavy (non-hydrogen) atoms. The molecule has 6 heteroatoms. The number of nitrogens with one attached hydrogen (secondary N) is 2. The summed E-state index contributed by atoms with van der Waals surface area (Å²) < 4.78 is 0. The van der Waals surface area contributed by atoms with Gasteiger partial charge in [-0.1, -0.05) is 11.8 Å². The predicted molar refractivity (Wildman–Crippen MR) is 80.4 cm³/mol. The molecular weight excluding hydrogens is 268 g/mol. The highest BCUT2D eigenvalue weighted by molar-refractivity contribution is 5.96. The molecule has 0 aliphatic rings. The van der Waals surface area contributed by atoms with Crippen LogP contribution in [0, 0.1) is 11.8 Å². The number of rotatable bonds is 3. The Morgan fingerprint density at radius 2 is 2.05 bits per heavy atom. The van der Waals surface area contributed by atoms with Crippen LogP contribution >= 0.6 is 0 Å². The summed E-state index contributed by atoms with van der Waals surface area (Å²) in [6, 6.07) is 1.60. The summed E-state index contributed by atoms with van der Waals surface area (Å²) >= 11 is 0. The zero-order valence-electron chi connectivity index (χ0n) is 12.5. The van der Waals surface area contributed by atoms with Gasteiger partial charge in [-0.25, -0.2) is 0 Å². The molecule has 6 nitrogen and oxygen atoms in total. The van der Waals surface area contributed by atoms with Crippen molar-refractivity contribution < 1.29 is 9.59 Å². The van der Waals surface area contributed by atoms with Crippen molar-refractivity contribution in [2.75, 3.05) is 13.1 Å². The third kappa shape index (κ3) is 6.54. The summed E-state index contributed by atoms with van der Waals surface area (Å²) in [6.45, 7) is 5.76. The fourth-order valence-electron chi connectivity index (χ4n) is 1.51. The van der Waals surface area contributed by atoms with Crippen LogP contribution in [0.2, 0.25) is 0 Å². The van der Waals surface area contributed by atoms with Gasteiger partial charge in [-0.05, 0) is 26.8 Å². The zero-order chi connectivity index (χ0) is 15.9. The van der Waals surface area contributed by atoms with E-state index in [1.165, 1.54) is 6.20 Å². The van der Waals surface area contributed by atoms with Gasteiger partial charge in [-0.15, -0.1) is 0 Å². The Hall–Kier alpha value is -2.39. The number of pyridine rings is 1. The van der Waals surface area contributed by atoms with E-state index in [4.69, 9.17) is 5.73 Å². The quantitative estimate of drug-likeness (QED) is 0.684. The highest BCUT2D eigenvalue weighted by atomic mass is 16.2. The normalized spacial score (nSPS) is 10.3. The lowest BCUT2D eigenvalue weighted by atomic mass is 10.1. The summed E-state index contributed by atoms with van der Waals surface area (Å²) in [5, 5.41) is 5.30. The number of aromatic nitrogens is 1. The Bertz CT molecular complexity index is 579. The Morgan fingerprint density at radius 3 is 2.67 bits per heavy atom. The molecule has 0 spiro atoms. The fourth-order valence-corrected chi connectivity index (χ4v) is 1.51. The lowest BCUT2D eigenvalue weighted by Crippen LogP contribution is -2.45. The van der Waals surface area contributed by atoms with Gasteiger partial charge in [0.05, 0.1) is 18.7 Å². The van der Waals surface area contributed by atoms with Crippen LogP contribution in [0.15, 0.2) is 18.5 Å². The molecule has 0 aromatic carbocycles. The first-order valence-electron chi connectivity index (χ1n) is 6.55. The zero-order valence-corrected chi connectivity index (χ0v) is 12.5. The van der Waals surface area contributed by atoms with E-state index >= 15 is 0 Å². The van der Waals surface area contributed by atoms with Crippen molar-refractivity contribution >= 4 is 11.8 Å². The summed E-state index contributed by atoms with van der Waals surface area (Å²) in [6.07, 6.45) is 2.97. The summed E-state index contributed by atoms with van der Waals surface area (Å²) in [5.41, 5.74) is 5.91. The van der Waals surface area contributed by atoms with Crippen LogP contribution in [-0.4, -0.2) is 35.4 Å². The Kier molecular flexibility index (Phi) is 5.88. The van der Waals surface area contributed by atoms with Crippen LogP contribution in [0.25, 0.3) is 0 Å². The molecule has 0 fully saturated rings. The molecule has 1 aromatic rings. The van der Waals surface area contributed by atoms with E-state index in [1.54, 1.807) is 12.3 Å². The average molecular weight is 288 g/mol. The Morgan fingerprint density at radius 1 is 1.33 bits per heavy atom. The van der Waals surface area contributed by atoms with Crippen molar-refractivity contribution in [3.8, 4) is 11.8 Å². The molecule has 0 aliphatic carbocycles. The largest absolute Gasteiger partial charge is 0.350 e. The van der Waals surface area contributed by atoms with E-state index in [9.17, 15) is 9.59 Å². The van der Waals surface area contributed by atoms with E-state index in [-0.39, 0.29) is 30.4 Å². The third-order valence-corrected chi connectivity index (χ3v) is 2.26. The van der Waals surface area contributed by atoms with Gasteiger partial charge in [0.15, 0.2) is 0 Å². The van der Waals surface area contributed by atoms with Gasteiger partial charge in [-0.3, -0.25) is 14.6 Å². The van der Waals surface area contributed by atoms with Crippen molar-refractivity contribution in [3.05, 3.63) is 29.6 Å². The van der Waals surface area contributed by atoms with Crippen LogP contribution in [0.3, 0.4) is 0 Å². The van der Waals surface area contributed by atoms with Crippen molar-refractivity contribution in [1.29, 1.82) is 0 Å². The second-order valence-electron chi connectivity index (χ2n) is 5.45. The lowest BCUT2D eigenvalue weighted by molar-refractivity contribution is -0.121. The number of hydrogen-bond donors (Lipinski definition) is 3. The van der Waals surface area contributed by atoms with Crippen LogP contribution in [0.5, 0.6) is 0 Å². The van der Waals surface area contributed by atoms with Crippen molar-refractivity contribution in [2.24, 2.45) is 5.73 Å². The van der Waals surface area contributed by atoms with Gasteiger partial charge in [-0.2, -0.15) is 0 Å². The van der Waals surface area contributed by atoms with Gasteiger partial charge >= 0.3 is 0 Å². The molecule has 0 unspecified atom stereocenters. The molecule has 2 amide bonds. The minimum atomic E-state index is -0.372. The number of carbonyl (C=O) groups is 2. The molecule has 4 N–H and O–H groups in total. The molecule has 0 saturated heterocycles. The number of nitrogens with two attached hydrogens (primary N) is 1. The van der Waals surface area contributed by atoms with E-state index in [0.717, 1.165) is 0 Å². The van der Waals surface area contributed by atoms with Crippen LogP contribution in [0.4, 0.5) is 0 Å². The predicted octanol–water partition coefficient (Wildman–Crippen LogP) is 0.0363. The maximum atomic E-state index is 11.9. The van der Waals surface area contributed by atoms with Crippen LogP contribution in [-0.2, 0) is 4.79 Å². The molecule has 1 aromatic heterocycles. The molecule has 1 heterocycles. The number of amides is 2.